The number of aryl methyl sites for hydroxylation is 1. The second-order valence-electron chi connectivity index (χ2n) is 5.31. The Balaban J connectivity index is 2.76. The van der Waals surface area contributed by atoms with E-state index in [1.165, 1.54) is 16.8 Å². The van der Waals surface area contributed by atoms with Gasteiger partial charge in [-0.05, 0) is 36.6 Å². The van der Waals surface area contributed by atoms with E-state index in [0.717, 1.165) is 13.1 Å². The third kappa shape index (κ3) is 3.53. The minimum atomic E-state index is 0.230. The maximum absolute atomic E-state index is 3.43. The third-order valence-corrected chi connectivity index (χ3v) is 2.78. The van der Waals surface area contributed by atoms with Crippen LogP contribution in [0.3, 0.4) is 0 Å². The summed E-state index contributed by atoms with van der Waals surface area (Å²) in [5.41, 5.74) is 4.18. The molecule has 0 spiro atoms. The number of anilines is 1. The third-order valence-electron chi connectivity index (χ3n) is 2.78. The Morgan fingerprint density at radius 3 is 2.31 bits per heavy atom. The van der Waals surface area contributed by atoms with Crippen molar-refractivity contribution in [2.45, 2.75) is 33.1 Å². The molecule has 0 radical (unpaired) electrons. The van der Waals surface area contributed by atoms with Crippen molar-refractivity contribution in [3.8, 4) is 0 Å². The van der Waals surface area contributed by atoms with E-state index in [-0.39, 0.29) is 5.41 Å². The van der Waals surface area contributed by atoms with Crippen molar-refractivity contribution < 1.29 is 0 Å². The maximum atomic E-state index is 3.43. The fraction of sp³-hybridized carbons (Fsp3) is 0.571. The zero-order valence-electron chi connectivity index (χ0n) is 11.1. The second kappa shape index (κ2) is 5.35. The van der Waals surface area contributed by atoms with E-state index in [2.05, 4.69) is 56.5 Å². The van der Waals surface area contributed by atoms with Crippen molar-refractivity contribution in [1.29, 1.82) is 0 Å². The molecule has 2 nitrogen and oxygen atoms in total. The van der Waals surface area contributed by atoms with Gasteiger partial charge in [-0.2, -0.15) is 0 Å². The first-order valence-corrected chi connectivity index (χ1v) is 5.95. The van der Waals surface area contributed by atoms with Gasteiger partial charge in [-0.1, -0.05) is 32.9 Å². The molecule has 0 saturated carbocycles. The molecule has 0 saturated heterocycles. The summed E-state index contributed by atoms with van der Waals surface area (Å²) < 4.78 is 0. The van der Waals surface area contributed by atoms with Crippen molar-refractivity contribution in [2.24, 2.45) is 0 Å². The van der Waals surface area contributed by atoms with Gasteiger partial charge in [0, 0.05) is 18.8 Å². The molecule has 1 aromatic rings. The first kappa shape index (κ1) is 13.0. The highest BCUT2D eigenvalue weighted by Gasteiger charge is 2.14. The molecule has 0 aliphatic heterocycles. The van der Waals surface area contributed by atoms with Gasteiger partial charge in [0.15, 0.2) is 0 Å². The van der Waals surface area contributed by atoms with Crippen LogP contribution in [0, 0.1) is 6.92 Å². The summed E-state index contributed by atoms with van der Waals surface area (Å²) in [7, 11) is 1.97. The number of hydrogen-bond donors (Lipinski definition) is 2. The Kier molecular flexibility index (Phi) is 4.36. The molecule has 16 heavy (non-hydrogen) atoms. The molecule has 0 aliphatic carbocycles. The van der Waals surface area contributed by atoms with Gasteiger partial charge in [-0.15, -0.1) is 0 Å². The van der Waals surface area contributed by atoms with Gasteiger partial charge in [0.25, 0.3) is 0 Å². The number of benzene rings is 1. The topological polar surface area (TPSA) is 24.1 Å². The SMILES string of the molecule is CNCCNc1ccc(C(C)(C)C)cc1C. The van der Waals surface area contributed by atoms with Gasteiger partial charge >= 0.3 is 0 Å². The van der Waals surface area contributed by atoms with Crippen LogP contribution in [-0.4, -0.2) is 20.1 Å². The van der Waals surface area contributed by atoms with E-state index in [1.54, 1.807) is 0 Å². The lowest BCUT2D eigenvalue weighted by Crippen LogP contribution is -2.18. The second-order valence-corrected chi connectivity index (χ2v) is 5.31. The van der Waals surface area contributed by atoms with E-state index in [0.29, 0.717) is 0 Å². The first-order valence-electron chi connectivity index (χ1n) is 5.95. The van der Waals surface area contributed by atoms with Crippen LogP contribution < -0.4 is 10.6 Å². The molecule has 1 aromatic carbocycles. The molecule has 0 aromatic heterocycles. The summed E-state index contributed by atoms with van der Waals surface area (Å²) in [6, 6.07) is 6.68. The Morgan fingerprint density at radius 2 is 1.81 bits per heavy atom. The van der Waals surface area contributed by atoms with Crippen molar-refractivity contribution >= 4 is 5.69 Å². The van der Waals surface area contributed by atoms with Gasteiger partial charge in [0.1, 0.15) is 0 Å². The molecule has 2 heteroatoms. The van der Waals surface area contributed by atoms with Crippen molar-refractivity contribution in [3.05, 3.63) is 29.3 Å². The molecule has 1 rings (SSSR count). The van der Waals surface area contributed by atoms with Crippen LogP contribution in [0.2, 0.25) is 0 Å². The Morgan fingerprint density at radius 1 is 1.12 bits per heavy atom. The van der Waals surface area contributed by atoms with Gasteiger partial charge in [0.05, 0.1) is 0 Å². The normalized spacial score (nSPS) is 11.6. The average molecular weight is 220 g/mol. The Bertz CT molecular complexity index is 337. The molecular formula is C14H24N2. The molecule has 0 amide bonds. The molecule has 0 fully saturated rings. The van der Waals surface area contributed by atoms with E-state index in [1.807, 2.05) is 7.05 Å². The number of rotatable bonds is 4. The minimum absolute atomic E-state index is 0.230. The molecule has 0 unspecified atom stereocenters. The lowest BCUT2D eigenvalue weighted by Gasteiger charge is -2.21. The summed E-state index contributed by atoms with van der Waals surface area (Å²) in [5, 5.41) is 6.56. The van der Waals surface area contributed by atoms with Crippen LogP contribution in [0.1, 0.15) is 31.9 Å². The Labute approximate surface area is 99.5 Å². The number of likely N-dealkylation sites (N-methyl/N-ethyl adjacent to an activating group) is 1. The van der Waals surface area contributed by atoms with Crippen LogP contribution in [0.15, 0.2) is 18.2 Å². The molecule has 0 atom stereocenters. The fourth-order valence-electron chi connectivity index (χ4n) is 1.65. The zero-order valence-corrected chi connectivity index (χ0v) is 11.1. The lowest BCUT2D eigenvalue weighted by molar-refractivity contribution is 0.590. The van der Waals surface area contributed by atoms with Crippen LogP contribution in [0.5, 0.6) is 0 Å². The van der Waals surface area contributed by atoms with E-state index >= 15 is 0 Å². The largest absolute Gasteiger partial charge is 0.384 e. The van der Waals surface area contributed by atoms with Crippen LogP contribution in [-0.2, 0) is 5.41 Å². The fourth-order valence-corrected chi connectivity index (χ4v) is 1.65. The quantitative estimate of drug-likeness (QED) is 0.762. The van der Waals surface area contributed by atoms with Gasteiger partial charge in [0.2, 0.25) is 0 Å². The Hall–Kier alpha value is -1.02. The van der Waals surface area contributed by atoms with Crippen LogP contribution in [0.4, 0.5) is 5.69 Å². The summed E-state index contributed by atoms with van der Waals surface area (Å²) in [5.74, 6) is 0. The smallest absolute Gasteiger partial charge is 0.0370 e. The predicted molar refractivity (Wildman–Crippen MR) is 72.3 cm³/mol. The molecule has 0 aliphatic rings. The van der Waals surface area contributed by atoms with Gasteiger partial charge in [-0.25, -0.2) is 0 Å². The maximum Gasteiger partial charge on any atom is 0.0370 e. The summed E-state index contributed by atoms with van der Waals surface area (Å²) in [6.45, 7) is 10.9. The van der Waals surface area contributed by atoms with Crippen molar-refractivity contribution in [2.75, 3.05) is 25.5 Å². The van der Waals surface area contributed by atoms with Crippen LogP contribution in [0.25, 0.3) is 0 Å². The van der Waals surface area contributed by atoms with E-state index < -0.39 is 0 Å². The monoisotopic (exact) mass is 220 g/mol. The lowest BCUT2D eigenvalue weighted by atomic mass is 9.86. The van der Waals surface area contributed by atoms with Crippen LogP contribution >= 0.6 is 0 Å². The van der Waals surface area contributed by atoms with Crippen molar-refractivity contribution in [1.82, 2.24) is 5.32 Å². The summed E-state index contributed by atoms with van der Waals surface area (Å²) in [6.07, 6.45) is 0. The highest BCUT2D eigenvalue weighted by Crippen LogP contribution is 2.26. The molecule has 0 bridgehead atoms. The zero-order chi connectivity index (χ0) is 12.2. The van der Waals surface area contributed by atoms with Crippen molar-refractivity contribution in [3.63, 3.8) is 0 Å². The average Bonchev–Trinajstić information content (AvgIpc) is 2.19. The van der Waals surface area contributed by atoms with Gasteiger partial charge < -0.3 is 10.6 Å². The summed E-state index contributed by atoms with van der Waals surface area (Å²) >= 11 is 0. The van der Waals surface area contributed by atoms with E-state index in [9.17, 15) is 0 Å². The predicted octanol–water partition coefficient (Wildman–Crippen LogP) is 2.92. The highest BCUT2D eigenvalue weighted by molar-refractivity contribution is 5.52. The molecule has 0 heterocycles. The first-order chi connectivity index (χ1) is 7.45. The number of hydrogen-bond acceptors (Lipinski definition) is 2. The summed E-state index contributed by atoms with van der Waals surface area (Å²) in [4.78, 5) is 0. The minimum Gasteiger partial charge on any atom is -0.384 e. The molecular weight excluding hydrogens is 196 g/mol. The molecule has 90 valence electrons. The molecule has 2 N–H and O–H groups in total. The van der Waals surface area contributed by atoms with E-state index in [4.69, 9.17) is 0 Å². The number of nitrogens with one attached hydrogen (secondary N) is 2. The standard InChI is InChI=1S/C14H24N2/c1-11-10-12(14(2,3)4)6-7-13(11)16-9-8-15-5/h6-7,10,15-16H,8-9H2,1-5H3. The van der Waals surface area contributed by atoms with Gasteiger partial charge in [-0.3, -0.25) is 0 Å². The highest BCUT2D eigenvalue weighted by atomic mass is 14.9.